The quantitative estimate of drug-likeness (QED) is 0.594. The van der Waals surface area contributed by atoms with Gasteiger partial charge in [-0.15, -0.1) is 0 Å². The molecule has 0 radical (unpaired) electrons. The molecule has 2 aliphatic rings. The molecule has 7 heteroatoms. The van der Waals surface area contributed by atoms with Gasteiger partial charge in [-0.1, -0.05) is 6.58 Å². The number of carbonyl (C=O) groups excluding carboxylic acids is 1. The minimum Gasteiger partial charge on any atom is -0.459 e. The van der Waals surface area contributed by atoms with E-state index >= 15 is 0 Å². The predicted molar refractivity (Wildman–Crippen MR) is 71.9 cm³/mol. The van der Waals surface area contributed by atoms with Crippen LogP contribution in [0.15, 0.2) is 12.2 Å². The summed E-state index contributed by atoms with van der Waals surface area (Å²) in [6.07, 6.45) is 2.51. The van der Waals surface area contributed by atoms with Crippen molar-refractivity contribution in [2.75, 3.05) is 12.6 Å². The lowest BCUT2D eigenvalue weighted by atomic mass is 9.97. The molecule has 0 heterocycles. The number of alkyl halides is 1. The van der Waals surface area contributed by atoms with E-state index in [1.165, 1.54) is 0 Å². The first-order valence-electron chi connectivity index (χ1n) is 6.74. The number of nitrogens with one attached hydrogen (secondary N) is 1. The van der Waals surface area contributed by atoms with Gasteiger partial charge in [-0.05, 0) is 38.0 Å². The van der Waals surface area contributed by atoms with Gasteiger partial charge in [0.05, 0.1) is 0 Å². The number of fused-ring (bicyclic) bond motifs is 2. The van der Waals surface area contributed by atoms with E-state index in [4.69, 9.17) is 4.74 Å². The molecule has 0 aromatic heterocycles. The second-order valence-corrected chi connectivity index (χ2v) is 7.43. The van der Waals surface area contributed by atoms with Crippen LogP contribution < -0.4 is 4.72 Å². The van der Waals surface area contributed by atoms with E-state index < -0.39 is 22.0 Å². The van der Waals surface area contributed by atoms with Gasteiger partial charge in [-0.3, -0.25) is 0 Å². The second kappa shape index (κ2) is 5.81. The van der Waals surface area contributed by atoms with Crippen LogP contribution in [0.25, 0.3) is 0 Å². The van der Waals surface area contributed by atoms with Crippen LogP contribution in [0.1, 0.15) is 26.2 Å². The van der Waals surface area contributed by atoms with Crippen molar-refractivity contribution >= 4 is 16.0 Å². The Morgan fingerprint density at radius 2 is 2.15 bits per heavy atom. The van der Waals surface area contributed by atoms with E-state index in [-0.39, 0.29) is 24.5 Å². The van der Waals surface area contributed by atoms with Crippen LogP contribution in [0.3, 0.4) is 0 Å². The van der Waals surface area contributed by atoms with Gasteiger partial charge in [-0.2, -0.15) is 0 Å². The third-order valence-electron chi connectivity index (χ3n) is 4.33. The SMILES string of the molecule is C=C(C)C(=O)OC1CC2CCC1C2CNS(=O)(=O)CF. The highest BCUT2D eigenvalue weighted by molar-refractivity contribution is 7.89. The third-order valence-corrected chi connectivity index (χ3v) is 5.22. The van der Waals surface area contributed by atoms with Crippen LogP contribution in [0.5, 0.6) is 0 Å². The Labute approximate surface area is 118 Å². The topological polar surface area (TPSA) is 72.5 Å². The molecule has 0 aromatic carbocycles. The lowest BCUT2D eigenvalue weighted by molar-refractivity contribution is -0.146. The van der Waals surface area contributed by atoms with E-state index in [2.05, 4.69) is 11.3 Å². The number of hydrogen-bond donors (Lipinski definition) is 1. The van der Waals surface area contributed by atoms with E-state index in [9.17, 15) is 17.6 Å². The summed E-state index contributed by atoms with van der Waals surface area (Å²) < 4.78 is 42.3. The van der Waals surface area contributed by atoms with Crippen molar-refractivity contribution in [3.8, 4) is 0 Å². The first kappa shape index (κ1) is 15.4. The highest BCUT2D eigenvalue weighted by Gasteiger charge is 2.49. The molecule has 2 aliphatic carbocycles. The summed E-state index contributed by atoms with van der Waals surface area (Å²) in [7, 11) is -3.82. The number of ether oxygens (including phenoxy) is 1. The van der Waals surface area contributed by atoms with Crippen LogP contribution in [-0.4, -0.2) is 33.0 Å². The lowest BCUT2D eigenvalue weighted by Gasteiger charge is -2.22. The molecule has 4 unspecified atom stereocenters. The van der Waals surface area contributed by atoms with Crippen molar-refractivity contribution in [1.29, 1.82) is 0 Å². The van der Waals surface area contributed by atoms with Gasteiger partial charge in [0.1, 0.15) is 6.10 Å². The summed E-state index contributed by atoms with van der Waals surface area (Å²) in [4.78, 5) is 11.6. The Bertz CT molecular complexity index is 505. The third kappa shape index (κ3) is 3.20. The second-order valence-electron chi connectivity index (χ2n) is 5.70. The molecule has 2 rings (SSSR count). The van der Waals surface area contributed by atoms with Crippen LogP contribution in [0.2, 0.25) is 0 Å². The molecular weight excluding hydrogens is 285 g/mol. The Balaban J connectivity index is 1.94. The highest BCUT2D eigenvalue weighted by Crippen LogP contribution is 2.50. The monoisotopic (exact) mass is 305 g/mol. The zero-order valence-electron chi connectivity index (χ0n) is 11.5. The molecule has 114 valence electrons. The molecule has 2 saturated carbocycles. The number of carbonyl (C=O) groups is 1. The minimum absolute atomic E-state index is 0.124. The Kier molecular flexibility index (Phi) is 4.49. The largest absolute Gasteiger partial charge is 0.459 e. The fraction of sp³-hybridized carbons (Fsp3) is 0.769. The van der Waals surface area contributed by atoms with Crippen molar-refractivity contribution in [3.05, 3.63) is 12.2 Å². The zero-order chi connectivity index (χ0) is 14.9. The standard InChI is InChI=1S/C13H20FNO4S/c1-8(2)13(16)19-12-5-9-3-4-10(12)11(9)6-15-20(17,18)7-14/h9-12,15H,1,3-7H2,2H3. The van der Waals surface area contributed by atoms with Crippen LogP contribution in [0, 0.1) is 17.8 Å². The van der Waals surface area contributed by atoms with Gasteiger partial charge in [0, 0.05) is 18.0 Å². The maximum Gasteiger partial charge on any atom is 0.333 e. The zero-order valence-corrected chi connectivity index (χ0v) is 12.3. The van der Waals surface area contributed by atoms with E-state index in [0.29, 0.717) is 11.5 Å². The van der Waals surface area contributed by atoms with Gasteiger partial charge in [0.15, 0.2) is 0 Å². The smallest absolute Gasteiger partial charge is 0.333 e. The summed E-state index contributed by atoms with van der Waals surface area (Å²) in [5.41, 5.74) is 0.363. The van der Waals surface area contributed by atoms with Crippen molar-refractivity contribution < 1.29 is 22.3 Å². The number of rotatable bonds is 6. The van der Waals surface area contributed by atoms with E-state index in [0.717, 1.165) is 19.3 Å². The van der Waals surface area contributed by atoms with Crippen molar-refractivity contribution in [1.82, 2.24) is 4.72 Å². The van der Waals surface area contributed by atoms with Gasteiger partial charge in [0.2, 0.25) is 16.0 Å². The van der Waals surface area contributed by atoms with Gasteiger partial charge in [-0.25, -0.2) is 22.3 Å². The highest BCUT2D eigenvalue weighted by atomic mass is 32.2. The molecule has 0 aromatic rings. The van der Waals surface area contributed by atoms with Gasteiger partial charge >= 0.3 is 5.97 Å². The van der Waals surface area contributed by atoms with Crippen molar-refractivity contribution in [2.45, 2.75) is 32.3 Å². The molecule has 2 bridgehead atoms. The number of halogens is 1. The van der Waals surface area contributed by atoms with Crippen LogP contribution in [0.4, 0.5) is 4.39 Å². The van der Waals surface area contributed by atoms with Crippen molar-refractivity contribution in [2.24, 2.45) is 17.8 Å². The lowest BCUT2D eigenvalue weighted by Crippen LogP contribution is -2.33. The van der Waals surface area contributed by atoms with Crippen LogP contribution in [-0.2, 0) is 19.6 Å². The summed E-state index contributed by atoms with van der Waals surface area (Å²) in [6.45, 7) is 5.37. The predicted octanol–water partition coefficient (Wildman–Crippen LogP) is 1.37. The minimum atomic E-state index is -3.82. The number of esters is 1. The van der Waals surface area contributed by atoms with Gasteiger partial charge in [0.25, 0.3) is 0 Å². The molecule has 0 amide bonds. The summed E-state index contributed by atoms with van der Waals surface area (Å²) in [6, 6.07) is -1.40. The maximum atomic E-state index is 12.3. The normalized spacial score (nSPS) is 32.3. The summed E-state index contributed by atoms with van der Waals surface area (Å²) in [5, 5.41) is 0. The van der Waals surface area contributed by atoms with E-state index in [1.807, 2.05) is 0 Å². The van der Waals surface area contributed by atoms with Gasteiger partial charge < -0.3 is 4.74 Å². The van der Waals surface area contributed by atoms with Crippen molar-refractivity contribution in [3.63, 3.8) is 0 Å². The number of sulfonamides is 1. The molecular formula is C13H20FNO4S. The Morgan fingerprint density at radius 1 is 1.45 bits per heavy atom. The molecule has 0 spiro atoms. The molecule has 5 nitrogen and oxygen atoms in total. The Morgan fingerprint density at radius 3 is 2.75 bits per heavy atom. The first-order valence-corrected chi connectivity index (χ1v) is 8.39. The van der Waals surface area contributed by atoms with E-state index in [1.54, 1.807) is 6.92 Å². The summed E-state index contributed by atoms with van der Waals surface area (Å²) in [5.74, 6) is 0.223. The Hall–Kier alpha value is -0.950. The maximum absolute atomic E-state index is 12.3. The number of hydrogen-bond acceptors (Lipinski definition) is 4. The summed E-state index contributed by atoms with van der Waals surface area (Å²) >= 11 is 0. The molecule has 2 fully saturated rings. The average molecular weight is 305 g/mol. The molecule has 20 heavy (non-hydrogen) atoms. The fourth-order valence-corrected chi connectivity index (χ4v) is 3.89. The fourth-order valence-electron chi connectivity index (χ4n) is 3.37. The molecule has 4 atom stereocenters. The molecule has 1 N–H and O–H groups in total. The molecule has 0 saturated heterocycles. The average Bonchev–Trinajstić information content (AvgIpc) is 2.93. The van der Waals surface area contributed by atoms with Crippen LogP contribution >= 0.6 is 0 Å². The first-order chi connectivity index (χ1) is 9.34. The molecule has 0 aliphatic heterocycles.